The number of imide groups is 1. The number of hydrogen-bond acceptors (Lipinski definition) is 4. The molecular formula is C14H24N2O2S. The predicted octanol–water partition coefficient (Wildman–Crippen LogP) is 2.85. The third kappa shape index (κ3) is 3.14. The molecule has 2 aliphatic rings. The predicted molar refractivity (Wildman–Crippen MR) is 77.0 cm³/mol. The van der Waals surface area contributed by atoms with Gasteiger partial charge in [0.1, 0.15) is 0 Å². The highest BCUT2D eigenvalue weighted by Gasteiger charge is 2.49. The highest BCUT2D eigenvalue weighted by Crippen LogP contribution is 2.41. The summed E-state index contributed by atoms with van der Waals surface area (Å²) < 4.78 is 3.60. The first kappa shape index (κ1) is 14.9. The number of rotatable bonds is 6. The van der Waals surface area contributed by atoms with Gasteiger partial charge in [0.05, 0.1) is 11.8 Å². The zero-order valence-electron chi connectivity index (χ0n) is 11.9. The average molecular weight is 284 g/mol. The van der Waals surface area contributed by atoms with Crippen LogP contribution in [0.4, 0.5) is 0 Å². The van der Waals surface area contributed by atoms with Gasteiger partial charge < -0.3 is 0 Å². The molecule has 1 heterocycles. The zero-order valence-corrected chi connectivity index (χ0v) is 12.7. The Bertz CT molecular complexity index is 318. The van der Waals surface area contributed by atoms with E-state index in [4.69, 9.17) is 0 Å². The van der Waals surface area contributed by atoms with Gasteiger partial charge in [-0.05, 0) is 25.7 Å². The number of carbonyl (C=O) groups excluding carboxylic acids is 2. The number of fused-ring (bicyclic) bond motifs is 1. The summed E-state index contributed by atoms with van der Waals surface area (Å²) in [7, 11) is 0. The van der Waals surface area contributed by atoms with E-state index in [9.17, 15) is 9.59 Å². The van der Waals surface area contributed by atoms with Gasteiger partial charge in [-0.3, -0.25) is 9.59 Å². The summed E-state index contributed by atoms with van der Waals surface area (Å²) in [6.45, 7) is 6.09. The molecule has 0 aromatic rings. The van der Waals surface area contributed by atoms with Crippen molar-refractivity contribution < 1.29 is 9.59 Å². The Balaban J connectivity index is 2.02. The molecule has 1 aliphatic heterocycles. The smallest absolute Gasteiger partial charge is 0.244 e. The van der Waals surface area contributed by atoms with E-state index >= 15 is 0 Å². The Morgan fingerprint density at radius 1 is 1.05 bits per heavy atom. The molecule has 1 saturated carbocycles. The van der Waals surface area contributed by atoms with Crippen LogP contribution in [0.25, 0.3) is 0 Å². The molecule has 0 aromatic carbocycles. The fraction of sp³-hybridized carbons (Fsp3) is 0.857. The Morgan fingerprint density at radius 3 is 1.95 bits per heavy atom. The second-order valence-electron chi connectivity index (χ2n) is 5.48. The lowest BCUT2D eigenvalue weighted by Gasteiger charge is -2.24. The molecule has 2 fully saturated rings. The van der Waals surface area contributed by atoms with Crippen molar-refractivity contribution in [1.82, 2.24) is 8.61 Å². The molecule has 5 heteroatoms. The van der Waals surface area contributed by atoms with E-state index in [-0.39, 0.29) is 23.7 Å². The molecule has 0 radical (unpaired) electrons. The average Bonchev–Trinajstić information content (AvgIpc) is 2.65. The maximum absolute atomic E-state index is 12.4. The molecule has 2 rings (SSSR count). The fourth-order valence-corrected chi connectivity index (χ4v) is 4.21. The summed E-state index contributed by atoms with van der Waals surface area (Å²) in [4.78, 5) is 24.7. The standard InChI is InChI=1S/C14H24N2O2S/c1-3-9-15(10-4-2)19-16-13(17)11-7-5-6-8-12(11)14(16)18/h11-12H,3-10H2,1-2H3. The highest BCUT2D eigenvalue weighted by molar-refractivity contribution is 7.95. The van der Waals surface area contributed by atoms with Gasteiger partial charge in [0, 0.05) is 25.2 Å². The van der Waals surface area contributed by atoms with Crippen molar-refractivity contribution in [2.24, 2.45) is 11.8 Å². The van der Waals surface area contributed by atoms with Crippen molar-refractivity contribution in [3.8, 4) is 0 Å². The summed E-state index contributed by atoms with van der Waals surface area (Å²) in [5, 5.41) is 0. The molecule has 108 valence electrons. The first-order valence-corrected chi connectivity index (χ1v) is 8.22. The fourth-order valence-electron chi connectivity index (χ4n) is 3.02. The summed E-state index contributed by atoms with van der Waals surface area (Å²) in [5.74, 6) is 0.0477. The van der Waals surface area contributed by atoms with Crippen LogP contribution in [0.3, 0.4) is 0 Å². The van der Waals surface area contributed by atoms with Gasteiger partial charge in [-0.1, -0.05) is 26.7 Å². The molecule has 2 atom stereocenters. The summed E-state index contributed by atoms with van der Waals surface area (Å²) >= 11 is 1.35. The Morgan fingerprint density at radius 2 is 1.53 bits per heavy atom. The molecule has 2 unspecified atom stereocenters. The monoisotopic (exact) mass is 284 g/mol. The molecular weight excluding hydrogens is 260 g/mol. The van der Waals surface area contributed by atoms with Crippen molar-refractivity contribution in [2.45, 2.75) is 52.4 Å². The minimum absolute atomic E-state index is 0.0288. The number of carbonyl (C=O) groups is 2. The van der Waals surface area contributed by atoms with Crippen molar-refractivity contribution in [3.05, 3.63) is 0 Å². The topological polar surface area (TPSA) is 40.6 Å². The maximum atomic E-state index is 12.4. The molecule has 1 saturated heterocycles. The lowest BCUT2D eigenvalue weighted by atomic mass is 9.81. The third-order valence-corrected chi connectivity index (χ3v) is 5.06. The zero-order chi connectivity index (χ0) is 13.8. The van der Waals surface area contributed by atoms with Crippen LogP contribution in [0.15, 0.2) is 0 Å². The number of nitrogens with zero attached hydrogens (tertiary/aromatic N) is 2. The molecule has 2 amide bonds. The first-order chi connectivity index (χ1) is 9.19. The molecule has 0 aromatic heterocycles. The second kappa shape index (κ2) is 6.75. The van der Waals surface area contributed by atoms with Gasteiger partial charge >= 0.3 is 0 Å². The van der Waals surface area contributed by atoms with Crippen LogP contribution < -0.4 is 0 Å². The lowest BCUT2D eigenvalue weighted by Crippen LogP contribution is -2.31. The first-order valence-electron chi connectivity index (χ1n) is 7.49. The van der Waals surface area contributed by atoms with Crippen molar-refractivity contribution in [2.75, 3.05) is 13.1 Å². The van der Waals surface area contributed by atoms with Crippen molar-refractivity contribution in [3.63, 3.8) is 0 Å². The number of amides is 2. The molecule has 1 aliphatic carbocycles. The van der Waals surface area contributed by atoms with E-state index in [2.05, 4.69) is 18.2 Å². The van der Waals surface area contributed by atoms with Gasteiger partial charge in [-0.25, -0.2) is 8.61 Å². The normalized spacial score (nSPS) is 27.2. The van der Waals surface area contributed by atoms with Gasteiger partial charge in [0.2, 0.25) is 11.8 Å². The van der Waals surface area contributed by atoms with Crippen molar-refractivity contribution in [1.29, 1.82) is 0 Å². The molecule has 19 heavy (non-hydrogen) atoms. The highest BCUT2D eigenvalue weighted by atomic mass is 32.2. The minimum Gasteiger partial charge on any atom is -0.273 e. The van der Waals surface area contributed by atoms with E-state index in [1.165, 1.54) is 16.4 Å². The minimum atomic E-state index is -0.0288. The molecule has 4 nitrogen and oxygen atoms in total. The van der Waals surface area contributed by atoms with Crippen LogP contribution >= 0.6 is 12.1 Å². The third-order valence-electron chi connectivity index (χ3n) is 3.94. The molecule has 0 bridgehead atoms. The van der Waals surface area contributed by atoms with E-state index in [1.54, 1.807) is 0 Å². The van der Waals surface area contributed by atoms with Crippen LogP contribution in [0.1, 0.15) is 52.4 Å². The van der Waals surface area contributed by atoms with Crippen LogP contribution in [0.2, 0.25) is 0 Å². The SMILES string of the molecule is CCCN(CCC)SN1C(=O)C2CCCCC2C1=O. The van der Waals surface area contributed by atoms with Crippen molar-refractivity contribution >= 4 is 23.9 Å². The van der Waals surface area contributed by atoms with Crippen LogP contribution in [-0.4, -0.2) is 33.5 Å². The van der Waals surface area contributed by atoms with Gasteiger partial charge in [-0.15, -0.1) is 0 Å². The van der Waals surface area contributed by atoms with E-state index < -0.39 is 0 Å². The summed E-state index contributed by atoms with van der Waals surface area (Å²) in [5.41, 5.74) is 0. The van der Waals surface area contributed by atoms with E-state index in [0.717, 1.165) is 51.6 Å². The van der Waals surface area contributed by atoms with Crippen LogP contribution in [0, 0.1) is 11.8 Å². The van der Waals surface area contributed by atoms with Crippen LogP contribution in [0.5, 0.6) is 0 Å². The lowest BCUT2D eigenvalue weighted by molar-refractivity contribution is -0.133. The Labute approximate surface area is 120 Å². The van der Waals surface area contributed by atoms with Gasteiger partial charge in [0.15, 0.2) is 0 Å². The number of hydrogen-bond donors (Lipinski definition) is 0. The van der Waals surface area contributed by atoms with Gasteiger partial charge in [0.25, 0.3) is 0 Å². The molecule has 0 spiro atoms. The maximum Gasteiger partial charge on any atom is 0.244 e. The summed E-state index contributed by atoms with van der Waals surface area (Å²) in [6, 6.07) is 0. The molecule has 0 N–H and O–H groups in total. The largest absolute Gasteiger partial charge is 0.273 e. The van der Waals surface area contributed by atoms with Crippen LogP contribution in [-0.2, 0) is 9.59 Å². The van der Waals surface area contributed by atoms with E-state index in [0.29, 0.717) is 0 Å². The Hall–Kier alpha value is -0.550. The second-order valence-corrected chi connectivity index (χ2v) is 6.52. The quantitative estimate of drug-likeness (QED) is 0.555. The van der Waals surface area contributed by atoms with Gasteiger partial charge in [-0.2, -0.15) is 0 Å². The van der Waals surface area contributed by atoms with E-state index in [1.807, 2.05) is 0 Å². The summed E-state index contributed by atoms with van der Waals surface area (Å²) in [6.07, 6.45) is 6.05. The Kier molecular flexibility index (Phi) is 5.28.